The second kappa shape index (κ2) is 7.24. The molecule has 2 atom stereocenters. The lowest BCUT2D eigenvalue weighted by Gasteiger charge is -2.37. The number of nitrogens with one attached hydrogen (secondary N) is 2. The molecule has 1 fully saturated rings. The van der Waals surface area contributed by atoms with Crippen LogP contribution in [-0.4, -0.2) is 36.1 Å². The van der Waals surface area contributed by atoms with Gasteiger partial charge in [-0.2, -0.15) is 0 Å². The minimum atomic E-state index is -0.526. The van der Waals surface area contributed by atoms with Crippen molar-refractivity contribution in [2.45, 2.75) is 32.9 Å². The lowest BCUT2D eigenvalue weighted by atomic mass is 10.1. The van der Waals surface area contributed by atoms with Crippen LogP contribution in [0.25, 0.3) is 11.1 Å². The molecule has 0 radical (unpaired) electrons. The summed E-state index contributed by atoms with van der Waals surface area (Å²) in [5.41, 5.74) is 2.40. The Morgan fingerprint density at radius 3 is 2.57 bits per heavy atom. The summed E-state index contributed by atoms with van der Waals surface area (Å²) < 4.78 is 19.5. The third-order valence-electron chi connectivity index (χ3n) is 4.87. The van der Waals surface area contributed by atoms with Gasteiger partial charge in [0.05, 0.1) is 0 Å². The van der Waals surface area contributed by atoms with Crippen LogP contribution in [0, 0.1) is 12.7 Å². The topological polar surface area (TPSA) is 70.4 Å². The van der Waals surface area contributed by atoms with Gasteiger partial charge in [0.25, 0.3) is 5.91 Å². The van der Waals surface area contributed by atoms with E-state index in [1.807, 2.05) is 12.1 Å². The minimum Gasteiger partial charge on any atom is -0.441 e. The molecule has 28 heavy (non-hydrogen) atoms. The highest BCUT2D eigenvalue weighted by atomic mass is 19.1. The Balaban J connectivity index is 1.49. The number of halogens is 1. The van der Waals surface area contributed by atoms with E-state index >= 15 is 0 Å². The molecular weight excluding hydrogens is 359 g/mol. The number of hydrogen-bond acceptors (Lipinski definition) is 5. The van der Waals surface area contributed by atoms with Crippen LogP contribution in [0.4, 0.5) is 15.8 Å². The smallest absolute Gasteiger partial charge is 0.255 e. The van der Waals surface area contributed by atoms with Crippen LogP contribution in [0.15, 0.2) is 40.8 Å². The fraction of sp³-hybridized carbons (Fsp3) is 0.333. The zero-order valence-corrected chi connectivity index (χ0v) is 16.1. The highest BCUT2D eigenvalue weighted by Crippen LogP contribution is 2.24. The predicted molar refractivity (Wildman–Crippen MR) is 107 cm³/mol. The van der Waals surface area contributed by atoms with E-state index in [-0.39, 0.29) is 11.4 Å². The number of aromatic nitrogens is 1. The van der Waals surface area contributed by atoms with E-state index in [0.717, 1.165) is 18.8 Å². The largest absolute Gasteiger partial charge is 0.441 e. The zero-order valence-electron chi connectivity index (χ0n) is 16.1. The Labute approximate surface area is 162 Å². The molecule has 0 spiro atoms. The molecule has 0 bridgehead atoms. The number of benzene rings is 2. The Morgan fingerprint density at radius 2 is 1.89 bits per heavy atom. The molecular formula is C21H23FN4O2. The van der Waals surface area contributed by atoms with Gasteiger partial charge < -0.3 is 20.0 Å². The van der Waals surface area contributed by atoms with Gasteiger partial charge in [0, 0.05) is 55.1 Å². The van der Waals surface area contributed by atoms with E-state index in [9.17, 15) is 9.18 Å². The maximum absolute atomic E-state index is 14.2. The van der Waals surface area contributed by atoms with E-state index < -0.39 is 5.82 Å². The van der Waals surface area contributed by atoms with Gasteiger partial charge in [-0.15, -0.1) is 0 Å². The van der Waals surface area contributed by atoms with E-state index in [1.165, 1.54) is 6.07 Å². The number of carbonyl (C=O) groups is 1. The van der Waals surface area contributed by atoms with Crippen molar-refractivity contribution in [3.05, 3.63) is 53.7 Å². The van der Waals surface area contributed by atoms with Crippen molar-refractivity contribution < 1.29 is 13.6 Å². The molecule has 146 valence electrons. The molecule has 2 N–H and O–H groups in total. The lowest BCUT2D eigenvalue weighted by Crippen LogP contribution is -2.54. The first-order chi connectivity index (χ1) is 13.4. The summed E-state index contributed by atoms with van der Waals surface area (Å²) in [5.74, 6) is -0.449. The first kappa shape index (κ1) is 18.4. The van der Waals surface area contributed by atoms with Gasteiger partial charge in [0.1, 0.15) is 5.52 Å². The van der Waals surface area contributed by atoms with Crippen LogP contribution in [0.5, 0.6) is 0 Å². The fourth-order valence-corrected chi connectivity index (χ4v) is 3.74. The van der Waals surface area contributed by atoms with Crippen LogP contribution in [0.3, 0.4) is 0 Å². The van der Waals surface area contributed by atoms with Crippen LogP contribution < -0.4 is 15.5 Å². The first-order valence-corrected chi connectivity index (χ1v) is 9.38. The van der Waals surface area contributed by atoms with Crippen molar-refractivity contribution in [3.63, 3.8) is 0 Å². The summed E-state index contributed by atoms with van der Waals surface area (Å²) in [5, 5.41) is 6.23. The Morgan fingerprint density at radius 1 is 1.21 bits per heavy atom. The van der Waals surface area contributed by atoms with Crippen LogP contribution in [0.1, 0.15) is 30.1 Å². The van der Waals surface area contributed by atoms with Crippen molar-refractivity contribution in [3.8, 4) is 0 Å². The maximum atomic E-state index is 14.2. The highest BCUT2D eigenvalue weighted by Gasteiger charge is 2.21. The van der Waals surface area contributed by atoms with Crippen molar-refractivity contribution in [1.29, 1.82) is 0 Å². The lowest BCUT2D eigenvalue weighted by molar-refractivity contribution is 0.102. The van der Waals surface area contributed by atoms with Crippen LogP contribution in [-0.2, 0) is 0 Å². The molecule has 0 aliphatic carbocycles. The number of oxazole rings is 1. The van der Waals surface area contributed by atoms with Crippen molar-refractivity contribution in [2.75, 3.05) is 23.3 Å². The van der Waals surface area contributed by atoms with Crippen LogP contribution in [0.2, 0.25) is 0 Å². The Kier molecular flexibility index (Phi) is 4.77. The number of amides is 1. The van der Waals surface area contributed by atoms with E-state index in [4.69, 9.17) is 4.42 Å². The average molecular weight is 382 g/mol. The summed E-state index contributed by atoms with van der Waals surface area (Å²) in [4.78, 5) is 18.9. The quantitative estimate of drug-likeness (QED) is 0.723. The summed E-state index contributed by atoms with van der Waals surface area (Å²) in [6, 6.07) is 11.1. The monoisotopic (exact) mass is 382 g/mol. The molecule has 4 rings (SSSR count). The average Bonchev–Trinajstić information content (AvgIpc) is 3.02. The van der Waals surface area contributed by atoms with Gasteiger partial charge in [0.2, 0.25) is 0 Å². The SMILES string of the molecule is Cc1nc2c(F)cc(NC(=O)c3ccc(N4CC(C)NC(C)C4)cc3)cc2o1. The first-order valence-electron chi connectivity index (χ1n) is 9.38. The van der Waals surface area contributed by atoms with Gasteiger partial charge in [0.15, 0.2) is 17.3 Å². The number of aryl methyl sites for hydroxylation is 1. The standard InChI is InChI=1S/C21H23FN4O2/c1-12-10-26(11-13(2)23-12)17-6-4-15(5-7-17)21(27)25-16-8-18(22)20-19(9-16)28-14(3)24-20/h4-9,12-13,23H,10-11H2,1-3H3,(H,25,27). The van der Waals surface area contributed by atoms with Crippen molar-refractivity contribution in [2.24, 2.45) is 0 Å². The van der Waals surface area contributed by atoms with Gasteiger partial charge >= 0.3 is 0 Å². The zero-order chi connectivity index (χ0) is 19.8. The summed E-state index contributed by atoms with van der Waals surface area (Å²) in [6.45, 7) is 7.82. The maximum Gasteiger partial charge on any atom is 0.255 e. The molecule has 7 heteroatoms. The van der Waals surface area contributed by atoms with Gasteiger partial charge in [-0.1, -0.05) is 0 Å². The third-order valence-corrected chi connectivity index (χ3v) is 4.87. The molecule has 1 saturated heterocycles. The number of nitrogens with zero attached hydrogens (tertiary/aromatic N) is 2. The van der Waals surface area contributed by atoms with Crippen LogP contribution >= 0.6 is 0 Å². The molecule has 2 aromatic carbocycles. The highest BCUT2D eigenvalue weighted by molar-refractivity contribution is 6.05. The molecule has 2 unspecified atom stereocenters. The third kappa shape index (κ3) is 3.71. The van der Waals surface area contributed by atoms with Gasteiger partial charge in [-0.3, -0.25) is 4.79 Å². The summed E-state index contributed by atoms with van der Waals surface area (Å²) in [6.07, 6.45) is 0. The second-order valence-electron chi connectivity index (χ2n) is 7.41. The van der Waals surface area contributed by atoms with Crippen molar-refractivity contribution >= 4 is 28.4 Å². The minimum absolute atomic E-state index is 0.166. The molecule has 1 aromatic heterocycles. The van der Waals surface area contributed by atoms with E-state index in [1.54, 1.807) is 25.1 Å². The number of carbonyl (C=O) groups excluding carboxylic acids is 1. The molecule has 1 amide bonds. The van der Waals surface area contributed by atoms with E-state index in [0.29, 0.717) is 34.8 Å². The second-order valence-corrected chi connectivity index (χ2v) is 7.41. The number of anilines is 2. The summed E-state index contributed by atoms with van der Waals surface area (Å²) in [7, 11) is 0. The number of rotatable bonds is 3. The van der Waals surface area contributed by atoms with Crippen molar-refractivity contribution in [1.82, 2.24) is 10.3 Å². The fourth-order valence-electron chi connectivity index (χ4n) is 3.74. The normalized spacial score (nSPS) is 19.8. The number of hydrogen-bond donors (Lipinski definition) is 2. The predicted octanol–water partition coefficient (Wildman–Crippen LogP) is 3.71. The molecule has 2 heterocycles. The molecule has 3 aromatic rings. The van der Waals surface area contributed by atoms with Gasteiger partial charge in [-0.05, 0) is 44.2 Å². The molecule has 6 nitrogen and oxygen atoms in total. The number of piperazine rings is 1. The number of fused-ring (bicyclic) bond motifs is 1. The van der Waals surface area contributed by atoms with E-state index in [2.05, 4.69) is 34.4 Å². The summed E-state index contributed by atoms with van der Waals surface area (Å²) >= 11 is 0. The molecule has 1 aliphatic rings. The van der Waals surface area contributed by atoms with Gasteiger partial charge in [-0.25, -0.2) is 9.37 Å². The molecule has 0 saturated carbocycles. The molecule has 1 aliphatic heterocycles. The Bertz CT molecular complexity index is 1010. The Hall–Kier alpha value is -2.93.